The lowest BCUT2D eigenvalue weighted by Crippen LogP contribution is -2.04. The summed E-state index contributed by atoms with van der Waals surface area (Å²) in [6.07, 6.45) is 1.12. The molecular formula is C14H20O2. The molecule has 0 aliphatic heterocycles. The summed E-state index contributed by atoms with van der Waals surface area (Å²) < 4.78 is 5.11. The van der Waals surface area contributed by atoms with Crippen molar-refractivity contribution in [3.63, 3.8) is 0 Å². The van der Waals surface area contributed by atoms with E-state index in [0.29, 0.717) is 11.7 Å². The van der Waals surface area contributed by atoms with Gasteiger partial charge in [0.2, 0.25) is 0 Å². The molecule has 0 amide bonds. The van der Waals surface area contributed by atoms with Gasteiger partial charge in [-0.3, -0.25) is 4.79 Å². The predicted molar refractivity (Wildman–Crippen MR) is 65.9 cm³/mol. The Morgan fingerprint density at radius 3 is 2.19 bits per heavy atom. The van der Waals surface area contributed by atoms with Gasteiger partial charge < -0.3 is 4.74 Å². The molecule has 0 aromatic heterocycles. The van der Waals surface area contributed by atoms with Crippen LogP contribution in [-0.2, 0) is 4.79 Å². The van der Waals surface area contributed by atoms with Crippen LogP contribution in [0.3, 0.4) is 0 Å². The average molecular weight is 220 g/mol. The molecule has 2 heteroatoms. The summed E-state index contributed by atoms with van der Waals surface area (Å²) in [7, 11) is 0. The molecule has 88 valence electrons. The van der Waals surface area contributed by atoms with E-state index < -0.39 is 0 Å². The summed E-state index contributed by atoms with van der Waals surface area (Å²) in [6.45, 7) is 9.97. The smallest absolute Gasteiger partial charge is 0.308 e. The van der Waals surface area contributed by atoms with Crippen molar-refractivity contribution in [3.05, 3.63) is 28.8 Å². The van der Waals surface area contributed by atoms with Crippen LogP contribution in [0.25, 0.3) is 0 Å². The Morgan fingerprint density at radius 2 is 1.81 bits per heavy atom. The van der Waals surface area contributed by atoms with Crippen LogP contribution in [-0.4, -0.2) is 5.97 Å². The Hall–Kier alpha value is -1.31. The van der Waals surface area contributed by atoms with Crippen molar-refractivity contribution < 1.29 is 9.53 Å². The van der Waals surface area contributed by atoms with Gasteiger partial charge in [-0.2, -0.15) is 0 Å². The van der Waals surface area contributed by atoms with Crippen LogP contribution in [0.2, 0.25) is 0 Å². The first-order chi connectivity index (χ1) is 7.45. The van der Waals surface area contributed by atoms with Crippen LogP contribution in [0.15, 0.2) is 12.1 Å². The van der Waals surface area contributed by atoms with Gasteiger partial charge in [-0.1, -0.05) is 13.8 Å². The molecule has 0 saturated carbocycles. The van der Waals surface area contributed by atoms with E-state index in [1.165, 1.54) is 23.6 Å². The highest BCUT2D eigenvalue weighted by Crippen LogP contribution is 2.29. The first kappa shape index (κ1) is 12.8. The molecule has 0 heterocycles. The van der Waals surface area contributed by atoms with Gasteiger partial charge in [-0.15, -0.1) is 0 Å². The Kier molecular flexibility index (Phi) is 4.11. The number of esters is 1. The van der Waals surface area contributed by atoms with Gasteiger partial charge in [0.25, 0.3) is 0 Å². The number of ether oxygens (including phenoxy) is 1. The summed E-state index contributed by atoms with van der Waals surface area (Å²) in [5.74, 6) is 0.927. The Labute approximate surface area is 97.6 Å². The van der Waals surface area contributed by atoms with Crippen LogP contribution in [0.5, 0.6) is 5.75 Å². The number of hydrogen-bond acceptors (Lipinski definition) is 2. The van der Waals surface area contributed by atoms with Gasteiger partial charge >= 0.3 is 5.97 Å². The third kappa shape index (κ3) is 2.84. The largest absolute Gasteiger partial charge is 0.427 e. The second-order valence-electron chi connectivity index (χ2n) is 4.37. The Balaban J connectivity index is 3.12. The predicted octanol–water partition coefficient (Wildman–Crippen LogP) is 3.74. The molecule has 1 aromatic rings. The summed E-state index contributed by atoms with van der Waals surface area (Å²) in [5.41, 5.74) is 3.77. The van der Waals surface area contributed by atoms with Crippen molar-refractivity contribution in [2.24, 2.45) is 0 Å². The molecule has 0 saturated heterocycles. The highest BCUT2D eigenvalue weighted by molar-refractivity contribution is 5.69. The lowest BCUT2D eigenvalue weighted by Gasteiger charge is -2.17. The number of rotatable bonds is 3. The van der Waals surface area contributed by atoms with Crippen molar-refractivity contribution in [1.82, 2.24) is 0 Å². The topological polar surface area (TPSA) is 26.3 Å². The van der Waals surface area contributed by atoms with Gasteiger partial charge in [0, 0.05) is 6.92 Å². The maximum absolute atomic E-state index is 10.9. The Bertz CT molecular complexity index is 371. The molecule has 1 atom stereocenters. The molecule has 2 nitrogen and oxygen atoms in total. The molecule has 0 spiro atoms. The molecule has 0 fully saturated rings. The number of carbonyl (C=O) groups is 1. The minimum absolute atomic E-state index is 0.268. The number of benzene rings is 1. The molecule has 0 radical (unpaired) electrons. The highest BCUT2D eigenvalue weighted by Gasteiger charge is 2.12. The fourth-order valence-corrected chi connectivity index (χ4v) is 2.14. The molecule has 0 aliphatic carbocycles. The van der Waals surface area contributed by atoms with E-state index in [4.69, 9.17) is 4.74 Å². The second kappa shape index (κ2) is 5.15. The van der Waals surface area contributed by atoms with E-state index in [1.54, 1.807) is 0 Å². The molecule has 0 N–H and O–H groups in total. The van der Waals surface area contributed by atoms with Crippen LogP contribution < -0.4 is 4.74 Å². The zero-order valence-electron chi connectivity index (χ0n) is 10.8. The van der Waals surface area contributed by atoms with Crippen LogP contribution in [0, 0.1) is 13.8 Å². The lowest BCUT2D eigenvalue weighted by molar-refractivity contribution is -0.131. The maximum atomic E-state index is 10.9. The number of hydrogen-bond donors (Lipinski definition) is 0. The van der Waals surface area contributed by atoms with Crippen molar-refractivity contribution in [2.45, 2.75) is 47.0 Å². The zero-order valence-corrected chi connectivity index (χ0v) is 10.8. The highest BCUT2D eigenvalue weighted by atomic mass is 16.5. The van der Waals surface area contributed by atoms with Gasteiger partial charge in [-0.05, 0) is 55.0 Å². The van der Waals surface area contributed by atoms with Crippen molar-refractivity contribution in [1.29, 1.82) is 0 Å². The zero-order chi connectivity index (χ0) is 12.3. The number of carbonyl (C=O) groups excluding carboxylic acids is 1. The average Bonchev–Trinajstić information content (AvgIpc) is 2.15. The van der Waals surface area contributed by atoms with E-state index in [2.05, 4.69) is 27.7 Å². The summed E-state index contributed by atoms with van der Waals surface area (Å²) in [6, 6.07) is 3.88. The van der Waals surface area contributed by atoms with E-state index in [0.717, 1.165) is 6.42 Å². The van der Waals surface area contributed by atoms with E-state index in [1.807, 2.05) is 12.1 Å². The van der Waals surface area contributed by atoms with Crippen LogP contribution >= 0.6 is 0 Å². The molecule has 16 heavy (non-hydrogen) atoms. The molecule has 1 unspecified atom stereocenters. The molecule has 1 rings (SSSR count). The van der Waals surface area contributed by atoms with E-state index in [-0.39, 0.29) is 5.97 Å². The third-order valence-corrected chi connectivity index (χ3v) is 2.93. The molecule has 0 aliphatic rings. The summed E-state index contributed by atoms with van der Waals surface area (Å²) in [5, 5.41) is 0. The van der Waals surface area contributed by atoms with Crippen molar-refractivity contribution >= 4 is 5.97 Å². The first-order valence-electron chi connectivity index (χ1n) is 5.75. The van der Waals surface area contributed by atoms with Crippen LogP contribution in [0.1, 0.15) is 49.8 Å². The minimum atomic E-state index is -0.268. The SMILES string of the molecule is CCC(C)c1c(C)cc(OC(C)=O)cc1C. The van der Waals surface area contributed by atoms with E-state index >= 15 is 0 Å². The third-order valence-electron chi connectivity index (χ3n) is 2.93. The van der Waals surface area contributed by atoms with Gasteiger partial charge in [0.05, 0.1) is 0 Å². The lowest BCUT2D eigenvalue weighted by atomic mass is 9.90. The maximum Gasteiger partial charge on any atom is 0.308 e. The van der Waals surface area contributed by atoms with Crippen molar-refractivity contribution in [2.75, 3.05) is 0 Å². The quantitative estimate of drug-likeness (QED) is 0.573. The van der Waals surface area contributed by atoms with Gasteiger partial charge in [0.1, 0.15) is 5.75 Å². The minimum Gasteiger partial charge on any atom is -0.427 e. The summed E-state index contributed by atoms with van der Waals surface area (Å²) in [4.78, 5) is 10.9. The fourth-order valence-electron chi connectivity index (χ4n) is 2.14. The molecule has 1 aromatic carbocycles. The summed E-state index contributed by atoms with van der Waals surface area (Å²) >= 11 is 0. The van der Waals surface area contributed by atoms with Gasteiger partial charge in [0.15, 0.2) is 0 Å². The molecular weight excluding hydrogens is 200 g/mol. The standard InChI is InChI=1S/C14H20O2/c1-6-9(2)14-10(3)7-13(8-11(14)4)16-12(5)15/h7-9H,6H2,1-5H3. The second-order valence-corrected chi connectivity index (χ2v) is 4.37. The number of aryl methyl sites for hydroxylation is 2. The normalized spacial score (nSPS) is 12.3. The molecule has 0 bridgehead atoms. The fraction of sp³-hybridized carbons (Fsp3) is 0.500. The van der Waals surface area contributed by atoms with Gasteiger partial charge in [-0.25, -0.2) is 0 Å². The monoisotopic (exact) mass is 220 g/mol. The first-order valence-corrected chi connectivity index (χ1v) is 5.75. The Morgan fingerprint density at radius 1 is 1.31 bits per heavy atom. The van der Waals surface area contributed by atoms with Crippen LogP contribution in [0.4, 0.5) is 0 Å². The van der Waals surface area contributed by atoms with Crippen molar-refractivity contribution in [3.8, 4) is 5.75 Å². The van der Waals surface area contributed by atoms with E-state index in [9.17, 15) is 4.79 Å².